The summed E-state index contributed by atoms with van der Waals surface area (Å²) in [5.74, 6) is -2.26. The molecule has 1 aromatic rings. The summed E-state index contributed by atoms with van der Waals surface area (Å²) >= 11 is 2.95. The summed E-state index contributed by atoms with van der Waals surface area (Å²) in [5, 5.41) is 3.07. The van der Waals surface area contributed by atoms with E-state index in [0.717, 1.165) is 6.07 Å². The monoisotopic (exact) mass is 340 g/mol. The molecule has 0 spiro atoms. The minimum atomic E-state index is -0.839. The highest BCUT2D eigenvalue weighted by molar-refractivity contribution is 9.10. The lowest BCUT2D eigenvalue weighted by molar-refractivity contribution is 0.0725. The topological polar surface area (TPSA) is 32.3 Å². The summed E-state index contributed by atoms with van der Waals surface area (Å²) in [5.41, 5.74) is -0.485. The first-order chi connectivity index (χ1) is 8.11. The zero-order valence-electron chi connectivity index (χ0n) is 9.38. The van der Waals surface area contributed by atoms with Crippen LogP contribution in [0.5, 0.6) is 0 Å². The van der Waals surface area contributed by atoms with Crippen LogP contribution in [0.25, 0.3) is 0 Å². The Morgan fingerprint density at radius 2 is 1.89 bits per heavy atom. The molecule has 1 saturated heterocycles. The summed E-state index contributed by atoms with van der Waals surface area (Å²) in [6.07, 6.45) is 0. The van der Waals surface area contributed by atoms with Crippen molar-refractivity contribution >= 4 is 34.2 Å². The number of carbonyl (C=O) groups excluding carboxylic acids is 1. The van der Waals surface area contributed by atoms with Gasteiger partial charge in [-0.05, 0) is 28.1 Å². The molecule has 0 atom stereocenters. The van der Waals surface area contributed by atoms with E-state index < -0.39 is 23.1 Å². The summed E-state index contributed by atoms with van der Waals surface area (Å²) < 4.78 is 27.3. The van der Waals surface area contributed by atoms with Gasteiger partial charge in [0.25, 0.3) is 5.91 Å². The minimum Gasteiger partial charge on any atom is -0.336 e. The van der Waals surface area contributed by atoms with Crippen LogP contribution in [0, 0.1) is 11.6 Å². The molecule has 1 heterocycles. The number of hydrogen-bond donors (Lipinski definition) is 1. The van der Waals surface area contributed by atoms with Crippen molar-refractivity contribution in [3.8, 4) is 0 Å². The molecular formula is C11H12BrClF2N2O. The van der Waals surface area contributed by atoms with Crippen molar-refractivity contribution in [2.75, 3.05) is 26.2 Å². The van der Waals surface area contributed by atoms with Crippen LogP contribution in [0.4, 0.5) is 8.78 Å². The number of piperazine rings is 1. The van der Waals surface area contributed by atoms with Gasteiger partial charge in [0, 0.05) is 26.2 Å². The van der Waals surface area contributed by atoms with Gasteiger partial charge in [0.05, 0.1) is 4.47 Å². The fourth-order valence-electron chi connectivity index (χ4n) is 1.75. The summed E-state index contributed by atoms with van der Waals surface area (Å²) in [6, 6.07) is 2.34. The Balaban J connectivity index is 0.00000162. The van der Waals surface area contributed by atoms with Crippen LogP contribution in [-0.4, -0.2) is 37.0 Å². The Bertz CT molecular complexity index is 453. The Hall–Kier alpha value is -0.720. The Morgan fingerprint density at radius 3 is 2.50 bits per heavy atom. The largest absolute Gasteiger partial charge is 0.336 e. The third-order valence-corrected chi connectivity index (χ3v) is 3.27. The van der Waals surface area contributed by atoms with Crippen molar-refractivity contribution in [1.82, 2.24) is 10.2 Å². The normalized spacial score (nSPS) is 15.2. The summed E-state index contributed by atoms with van der Waals surface area (Å²) in [6.45, 7) is 2.21. The maximum absolute atomic E-state index is 13.7. The van der Waals surface area contributed by atoms with E-state index in [9.17, 15) is 13.6 Å². The Morgan fingerprint density at radius 1 is 1.28 bits per heavy atom. The van der Waals surface area contributed by atoms with Crippen LogP contribution >= 0.6 is 28.3 Å². The molecule has 7 heteroatoms. The SMILES string of the molecule is Cl.O=C(c1c(F)ccc(Br)c1F)N1CCNCC1. The molecule has 100 valence electrons. The number of carbonyl (C=O) groups is 1. The summed E-state index contributed by atoms with van der Waals surface area (Å²) in [4.78, 5) is 13.4. The molecule has 0 radical (unpaired) electrons. The second kappa shape index (κ2) is 6.45. The molecule has 3 nitrogen and oxygen atoms in total. The molecule has 0 unspecified atom stereocenters. The molecule has 1 aromatic carbocycles. The fraction of sp³-hybridized carbons (Fsp3) is 0.364. The number of nitrogens with zero attached hydrogens (tertiary/aromatic N) is 1. The first-order valence-electron chi connectivity index (χ1n) is 5.24. The van der Waals surface area contributed by atoms with Crippen LogP contribution < -0.4 is 5.32 Å². The molecule has 1 N–H and O–H groups in total. The van der Waals surface area contributed by atoms with Gasteiger partial charge in [-0.15, -0.1) is 12.4 Å². The molecule has 1 aliphatic heterocycles. The van der Waals surface area contributed by atoms with Crippen molar-refractivity contribution in [3.63, 3.8) is 0 Å². The molecule has 2 rings (SSSR count). The predicted molar refractivity (Wildman–Crippen MR) is 70.1 cm³/mol. The number of amides is 1. The standard InChI is InChI=1S/C11H11BrF2N2O.ClH/c12-7-1-2-8(13)9(10(7)14)11(17)16-5-3-15-4-6-16;/h1-2,15H,3-6H2;1H. The molecular weight excluding hydrogens is 329 g/mol. The third kappa shape index (κ3) is 2.99. The smallest absolute Gasteiger partial charge is 0.259 e. The molecule has 0 saturated carbocycles. The summed E-state index contributed by atoms with van der Waals surface area (Å²) in [7, 11) is 0. The molecule has 0 aromatic heterocycles. The van der Waals surface area contributed by atoms with Gasteiger partial charge in [-0.1, -0.05) is 0 Å². The van der Waals surface area contributed by atoms with Crippen molar-refractivity contribution < 1.29 is 13.6 Å². The van der Waals surface area contributed by atoms with Crippen molar-refractivity contribution in [3.05, 3.63) is 33.8 Å². The lowest BCUT2D eigenvalue weighted by Crippen LogP contribution is -2.46. The number of rotatable bonds is 1. The Labute approximate surface area is 118 Å². The van der Waals surface area contributed by atoms with E-state index in [-0.39, 0.29) is 16.9 Å². The fourth-order valence-corrected chi connectivity index (χ4v) is 2.08. The van der Waals surface area contributed by atoms with E-state index in [0.29, 0.717) is 26.2 Å². The quantitative estimate of drug-likeness (QED) is 0.794. The zero-order valence-corrected chi connectivity index (χ0v) is 11.8. The van der Waals surface area contributed by atoms with Gasteiger partial charge >= 0.3 is 0 Å². The average Bonchev–Trinajstić information content (AvgIpc) is 2.35. The van der Waals surface area contributed by atoms with Gasteiger partial charge in [0.2, 0.25) is 0 Å². The first-order valence-corrected chi connectivity index (χ1v) is 6.04. The Kier molecular flexibility index (Phi) is 5.49. The lowest BCUT2D eigenvalue weighted by atomic mass is 10.1. The molecule has 1 aliphatic rings. The molecule has 0 bridgehead atoms. The van der Waals surface area contributed by atoms with Crippen LogP contribution in [-0.2, 0) is 0 Å². The highest BCUT2D eigenvalue weighted by Crippen LogP contribution is 2.23. The molecule has 1 amide bonds. The highest BCUT2D eigenvalue weighted by Gasteiger charge is 2.25. The van der Waals surface area contributed by atoms with E-state index >= 15 is 0 Å². The van der Waals surface area contributed by atoms with Gasteiger partial charge in [-0.3, -0.25) is 4.79 Å². The van der Waals surface area contributed by atoms with Crippen LogP contribution in [0.15, 0.2) is 16.6 Å². The van der Waals surface area contributed by atoms with Crippen molar-refractivity contribution in [2.24, 2.45) is 0 Å². The lowest BCUT2D eigenvalue weighted by Gasteiger charge is -2.27. The average molecular weight is 342 g/mol. The van der Waals surface area contributed by atoms with E-state index in [2.05, 4.69) is 21.2 Å². The first kappa shape index (κ1) is 15.3. The van der Waals surface area contributed by atoms with Gasteiger partial charge in [0.1, 0.15) is 11.4 Å². The molecule has 18 heavy (non-hydrogen) atoms. The number of hydrogen-bond acceptors (Lipinski definition) is 2. The van der Waals surface area contributed by atoms with Gasteiger partial charge in [0.15, 0.2) is 5.82 Å². The van der Waals surface area contributed by atoms with Gasteiger partial charge < -0.3 is 10.2 Å². The van der Waals surface area contributed by atoms with Crippen LogP contribution in [0.1, 0.15) is 10.4 Å². The third-order valence-electron chi connectivity index (χ3n) is 2.66. The highest BCUT2D eigenvalue weighted by atomic mass is 79.9. The van der Waals surface area contributed by atoms with Crippen LogP contribution in [0.2, 0.25) is 0 Å². The predicted octanol–water partition coefficient (Wildman–Crippen LogP) is 2.19. The second-order valence-corrected chi connectivity index (χ2v) is 4.61. The van der Waals surface area contributed by atoms with E-state index in [1.807, 2.05) is 0 Å². The van der Waals surface area contributed by atoms with Gasteiger partial charge in [-0.25, -0.2) is 8.78 Å². The maximum atomic E-state index is 13.7. The van der Waals surface area contributed by atoms with E-state index in [1.54, 1.807) is 0 Å². The number of halogens is 4. The second-order valence-electron chi connectivity index (χ2n) is 3.76. The molecule has 1 fully saturated rings. The van der Waals surface area contributed by atoms with E-state index in [1.165, 1.54) is 11.0 Å². The molecule has 0 aliphatic carbocycles. The van der Waals surface area contributed by atoms with Crippen molar-refractivity contribution in [1.29, 1.82) is 0 Å². The van der Waals surface area contributed by atoms with Crippen LogP contribution in [0.3, 0.4) is 0 Å². The number of nitrogens with one attached hydrogen (secondary N) is 1. The van der Waals surface area contributed by atoms with E-state index in [4.69, 9.17) is 0 Å². The zero-order chi connectivity index (χ0) is 12.4. The maximum Gasteiger partial charge on any atom is 0.259 e. The van der Waals surface area contributed by atoms with Gasteiger partial charge in [-0.2, -0.15) is 0 Å². The minimum absolute atomic E-state index is 0. The number of benzene rings is 1. The van der Waals surface area contributed by atoms with Crippen molar-refractivity contribution in [2.45, 2.75) is 0 Å².